The van der Waals surface area contributed by atoms with E-state index < -0.39 is 0 Å². The molecular weight excluding hydrogens is 100 g/mol. The van der Waals surface area contributed by atoms with Crippen LogP contribution in [0, 0.1) is 0 Å². The van der Waals surface area contributed by atoms with Crippen molar-refractivity contribution in [1.29, 1.82) is 0 Å². The summed E-state index contributed by atoms with van der Waals surface area (Å²) in [7, 11) is 0. The van der Waals surface area contributed by atoms with Crippen LogP contribution < -0.4 is 0 Å². The Morgan fingerprint density at radius 2 is 2.50 bits per heavy atom. The molecule has 0 aromatic carbocycles. The molecule has 0 amide bonds. The average molecular weight is 110 g/mol. The Balaban J connectivity index is 2.36. The summed E-state index contributed by atoms with van der Waals surface area (Å²) in [5.41, 5.74) is 0. The summed E-state index contributed by atoms with van der Waals surface area (Å²) in [4.78, 5) is 0. The largest absolute Gasteiger partial charge is 0.194 e. The third-order valence-electron chi connectivity index (χ3n) is 1.17. The first-order valence-corrected chi connectivity index (χ1v) is 2.93. The molecule has 0 N–H and O–H groups in total. The highest BCUT2D eigenvalue weighted by Gasteiger charge is 2.05. The first-order valence-electron chi connectivity index (χ1n) is 2.93. The van der Waals surface area contributed by atoms with Gasteiger partial charge in [-0.15, -0.1) is 0 Å². The lowest BCUT2D eigenvalue weighted by Gasteiger charge is -1.90. The van der Waals surface area contributed by atoms with E-state index >= 15 is 0 Å². The molecule has 0 aromatic heterocycles. The SMILES string of the molecule is CC=CC1CCN=N1. The second-order valence-corrected chi connectivity index (χ2v) is 1.86. The maximum absolute atomic E-state index is 3.96. The van der Waals surface area contributed by atoms with Gasteiger partial charge in [-0.05, 0) is 13.3 Å². The van der Waals surface area contributed by atoms with Crippen LogP contribution in [0.15, 0.2) is 22.4 Å². The highest BCUT2D eigenvalue weighted by atomic mass is 15.1. The Morgan fingerprint density at radius 3 is 3.00 bits per heavy atom. The minimum atomic E-state index is 0.389. The van der Waals surface area contributed by atoms with Crippen LogP contribution >= 0.6 is 0 Å². The molecule has 1 atom stereocenters. The fraction of sp³-hybridized carbons (Fsp3) is 0.667. The number of azo groups is 1. The van der Waals surface area contributed by atoms with E-state index in [0.29, 0.717) is 6.04 Å². The molecule has 8 heavy (non-hydrogen) atoms. The van der Waals surface area contributed by atoms with E-state index in [2.05, 4.69) is 16.3 Å². The minimum Gasteiger partial charge on any atom is -0.194 e. The first-order chi connectivity index (χ1) is 3.93. The molecule has 0 aliphatic carbocycles. The van der Waals surface area contributed by atoms with Crippen molar-refractivity contribution in [1.82, 2.24) is 0 Å². The van der Waals surface area contributed by atoms with Gasteiger partial charge in [0.25, 0.3) is 0 Å². The Bertz CT molecular complexity index is 116. The van der Waals surface area contributed by atoms with E-state index in [9.17, 15) is 0 Å². The molecule has 1 rings (SSSR count). The van der Waals surface area contributed by atoms with Crippen LogP contribution in [-0.4, -0.2) is 12.6 Å². The monoisotopic (exact) mass is 110 g/mol. The van der Waals surface area contributed by atoms with Crippen LogP contribution in [0.2, 0.25) is 0 Å². The third kappa shape index (κ3) is 1.15. The number of allylic oxidation sites excluding steroid dienone is 1. The molecule has 0 spiro atoms. The van der Waals surface area contributed by atoms with Crippen LogP contribution in [0.5, 0.6) is 0 Å². The van der Waals surface area contributed by atoms with Crippen LogP contribution in [0.4, 0.5) is 0 Å². The number of rotatable bonds is 1. The Labute approximate surface area is 49.3 Å². The Hall–Kier alpha value is -0.660. The lowest BCUT2D eigenvalue weighted by Crippen LogP contribution is -1.92. The van der Waals surface area contributed by atoms with Crippen molar-refractivity contribution in [2.75, 3.05) is 6.54 Å². The van der Waals surface area contributed by atoms with E-state index in [1.165, 1.54) is 0 Å². The lowest BCUT2D eigenvalue weighted by molar-refractivity contribution is 0.830. The number of hydrogen-bond acceptors (Lipinski definition) is 2. The van der Waals surface area contributed by atoms with Crippen molar-refractivity contribution in [3.63, 3.8) is 0 Å². The topological polar surface area (TPSA) is 24.7 Å². The van der Waals surface area contributed by atoms with E-state index in [4.69, 9.17) is 0 Å². The van der Waals surface area contributed by atoms with Crippen molar-refractivity contribution in [3.8, 4) is 0 Å². The van der Waals surface area contributed by atoms with Crippen molar-refractivity contribution in [2.24, 2.45) is 10.2 Å². The van der Waals surface area contributed by atoms with Gasteiger partial charge in [0.15, 0.2) is 0 Å². The quantitative estimate of drug-likeness (QED) is 0.460. The van der Waals surface area contributed by atoms with Gasteiger partial charge in [-0.1, -0.05) is 12.2 Å². The normalized spacial score (nSPS) is 27.9. The summed E-state index contributed by atoms with van der Waals surface area (Å²) >= 11 is 0. The molecule has 44 valence electrons. The minimum absolute atomic E-state index is 0.389. The van der Waals surface area contributed by atoms with Crippen molar-refractivity contribution < 1.29 is 0 Å². The molecule has 0 fully saturated rings. The predicted octanol–water partition coefficient (Wildman–Crippen LogP) is 1.79. The average Bonchev–Trinajstić information content (AvgIpc) is 2.19. The van der Waals surface area contributed by atoms with Gasteiger partial charge in [0.1, 0.15) is 0 Å². The molecule has 2 heteroatoms. The summed E-state index contributed by atoms with van der Waals surface area (Å²) in [6.45, 7) is 2.92. The van der Waals surface area contributed by atoms with Gasteiger partial charge in [-0.25, -0.2) is 0 Å². The molecule has 1 aliphatic heterocycles. The fourth-order valence-corrected chi connectivity index (χ4v) is 0.767. The molecule has 0 bridgehead atoms. The van der Waals surface area contributed by atoms with E-state index in [1.54, 1.807) is 0 Å². The molecule has 0 saturated carbocycles. The zero-order chi connectivity index (χ0) is 5.82. The van der Waals surface area contributed by atoms with Crippen LogP contribution in [0.25, 0.3) is 0 Å². The third-order valence-corrected chi connectivity index (χ3v) is 1.17. The highest BCUT2D eigenvalue weighted by Crippen LogP contribution is 2.07. The van der Waals surface area contributed by atoms with E-state index in [-0.39, 0.29) is 0 Å². The first kappa shape index (κ1) is 5.48. The molecule has 0 saturated heterocycles. The molecule has 1 heterocycles. The zero-order valence-electron chi connectivity index (χ0n) is 5.04. The smallest absolute Gasteiger partial charge is 0.0906 e. The maximum Gasteiger partial charge on any atom is 0.0906 e. The summed E-state index contributed by atoms with van der Waals surface area (Å²) < 4.78 is 0. The summed E-state index contributed by atoms with van der Waals surface area (Å²) in [6, 6.07) is 0.389. The van der Waals surface area contributed by atoms with Crippen LogP contribution in [0.1, 0.15) is 13.3 Å². The molecule has 0 aromatic rings. The van der Waals surface area contributed by atoms with Crippen LogP contribution in [-0.2, 0) is 0 Å². The zero-order valence-corrected chi connectivity index (χ0v) is 5.04. The lowest BCUT2D eigenvalue weighted by atomic mass is 10.2. The summed E-state index contributed by atoms with van der Waals surface area (Å²) in [6.07, 6.45) is 5.20. The van der Waals surface area contributed by atoms with Gasteiger partial charge in [-0.2, -0.15) is 10.2 Å². The maximum atomic E-state index is 3.96. The van der Waals surface area contributed by atoms with Gasteiger partial charge in [0.05, 0.1) is 12.6 Å². The van der Waals surface area contributed by atoms with Crippen molar-refractivity contribution in [3.05, 3.63) is 12.2 Å². The molecule has 0 radical (unpaired) electrons. The van der Waals surface area contributed by atoms with Crippen molar-refractivity contribution in [2.45, 2.75) is 19.4 Å². The number of nitrogens with zero attached hydrogens (tertiary/aromatic N) is 2. The molecule has 1 aliphatic rings. The van der Waals surface area contributed by atoms with Crippen LogP contribution in [0.3, 0.4) is 0 Å². The van der Waals surface area contributed by atoms with Crippen molar-refractivity contribution >= 4 is 0 Å². The fourth-order valence-electron chi connectivity index (χ4n) is 0.767. The van der Waals surface area contributed by atoms with E-state index in [1.807, 2.05) is 13.0 Å². The Kier molecular flexibility index (Phi) is 1.78. The predicted molar refractivity (Wildman–Crippen MR) is 32.9 cm³/mol. The number of hydrogen-bond donors (Lipinski definition) is 0. The highest BCUT2D eigenvalue weighted by molar-refractivity contribution is 4.92. The van der Waals surface area contributed by atoms with Gasteiger partial charge < -0.3 is 0 Å². The molecular formula is C6H10N2. The Morgan fingerprint density at radius 1 is 1.62 bits per heavy atom. The summed E-state index contributed by atoms with van der Waals surface area (Å²) in [5.74, 6) is 0. The van der Waals surface area contributed by atoms with Gasteiger partial charge in [-0.3, -0.25) is 0 Å². The molecule has 1 unspecified atom stereocenters. The second kappa shape index (κ2) is 2.60. The van der Waals surface area contributed by atoms with Gasteiger partial charge in [0.2, 0.25) is 0 Å². The standard InChI is InChI=1S/C6H10N2/c1-2-3-6-4-5-7-8-6/h2-3,6H,4-5H2,1H3. The van der Waals surface area contributed by atoms with E-state index in [0.717, 1.165) is 13.0 Å². The second-order valence-electron chi connectivity index (χ2n) is 1.86. The molecule has 2 nitrogen and oxygen atoms in total. The van der Waals surface area contributed by atoms with Gasteiger partial charge in [0, 0.05) is 0 Å². The van der Waals surface area contributed by atoms with Gasteiger partial charge >= 0.3 is 0 Å². The summed E-state index contributed by atoms with van der Waals surface area (Å²) in [5, 5.41) is 7.82.